The normalized spacial score (nSPS) is 42.7. The molecule has 4 aliphatic rings. The van der Waals surface area contributed by atoms with Crippen molar-refractivity contribution in [2.45, 2.75) is 54.8 Å². The zero-order chi connectivity index (χ0) is 25.8. The second-order valence-corrected chi connectivity index (χ2v) is 9.18. The van der Waals surface area contributed by atoms with Gasteiger partial charge in [-0.15, -0.1) is 0 Å². The molecule has 198 valence electrons. The lowest BCUT2D eigenvalue weighted by Gasteiger charge is -2.43. The lowest BCUT2D eigenvalue weighted by atomic mass is 9.85. The average Bonchev–Trinajstić information content (AvgIpc) is 3.56. The van der Waals surface area contributed by atoms with E-state index in [0.29, 0.717) is 0 Å². The molecule has 1 aromatic rings. The number of aromatic hydroxyl groups is 1. The van der Waals surface area contributed by atoms with Gasteiger partial charge in [-0.1, -0.05) is 0 Å². The SMILES string of the molecule is COc1cc(C(=O)O[C@@H]2[C@H]3C=CO[C@@H](O[C@H]4O[C@H](CO)[C@@H](O)[C@H](O)[C@H]4O)[C@@H]3[C@]3(CO)O[C@@H]23)ccc1O. The fourth-order valence-corrected chi connectivity index (χ4v) is 5.28. The monoisotopic (exact) mass is 512 g/mol. The molecule has 1 aliphatic carbocycles. The lowest BCUT2D eigenvalue weighted by molar-refractivity contribution is -0.344. The standard InChI is InChI=1S/C23H28O13/c1-31-12-6-9(2-3-11(12)26)20(30)34-18-10-4-5-32-21(14(10)23(8-25)19(18)36-23)35-22-17(29)16(28)15(27)13(7-24)33-22/h2-6,10,13-19,21-22,24-29H,7-8H2,1H3/t10-,13+,14+,15+,16-,17+,18+,19-,21-,22+,23-/m0/s1. The smallest absolute Gasteiger partial charge is 0.338 e. The van der Waals surface area contributed by atoms with Crippen molar-refractivity contribution >= 4 is 5.97 Å². The number of epoxide rings is 1. The number of hydrogen-bond acceptors (Lipinski definition) is 13. The molecule has 2 saturated heterocycles. The predicted molar refractivity (Wildman–Crippen MR) is 114 cm³/mol. The highest BCUT2D eigenvalue weighted by Crippen LogP contribution is 2.60. The molecule has 36 heavy (non-hydrogen) atoms. The number of aliphatic hydroxyl groups excluding tert-OH is 5. The number of benzene rings is 1. The molecule has 1 saturated carbocycles. The van der Waals surface area contributed by atoms with E-state index in [9.17, 15) is 35.4 Å². The zero-order valence-corrected chi connectivity index (χ0v) is 19.1. The summed E-state index contributed by atoms with van der Waals surface area (Å²) in [6.45, 7) is -1.07. The molecule has 13 nitrogen and oxygen atoms in total. The van der Waals surface area contributed by atoms with Crippen LogP contribution in [-0.2, 0) is 23.7 Å². The minimum atomic E-state index is -1.66. The molecule has 5 rings (SSSR count). The quantitative estimate of drug-likeness (QED) is 0.173. The highest BCUT2D eigenvalue weighted by atomic mass is 16.8. The molecule has 0 bridgehead atoms. The first-order valence-electron chi connectivity index (χ1n) is 11.4. The second kappa shape index (κ2) is 9.43. The van der Waals surface area contributed by atoms with Crippen LogP contribution in [0.15, 0.2) is 30.5 Å². The molecule has 0 amide bonds. The number of aliphatic hydroxyl groups is 5. The third-order valence-electron chi connectivity index (χ3n) is 7.26. The Bertz CT molecular complexity index is 1010. The number of rotatable bonds is 7. The van der Waals surface area contributed by atoms with E-state index < -0.39 is 85.8 Å². The molecule has 11 atom stereocenters. The van der Waals surface area contributed by atoms with Gasteiger partial charge in [-0.2, -0.15) is 0 Å². The Labute approximate surface area is 205 Å². The molecular weight excluding hydrogens is 484 g/mol. The Morgan fingerprint density at radius 2 is 1.89 bits per heavy atom. The summed E-state index contributed by atoms with van der Waals surface area (Å²) in [6, 6.07) is 4.02. The van der Waals surface area contributed by atoms with E-state index >= 15 is 0 Å². The summed E-state index contributed by atoms with van der Waals surface area (Å²) < 4.78 is 33.4. The van der Waals surface area contributed by atoms with Gasteiger partial charge in [0.25, 0.3) is 0 Å². The number of ether oxygens (including phenoxy) is 6. The van der Waals surface area contributed by atoms with Crippen LogP contribution in [0.2, 0.25) is 0 Å². The van der Waals surface area contributed by atoms with Crippen molar-refractivity contribution < 1.29 is 63.9 Å². The number of phenolic OH excluding ortho intramolecular Hbond substituents is 1. The summed E-state index contributed by atoms with van der Waals surface area (Å²) >= 11 is 0. The van der Waals surface area contributed by atoms with Crippen LogP contribution < -0.4 is 4.74 Å². The maximum atomic E-state index is 12.9. The van der Waals surface area contributed by atoms with Gasteiger partial charge in [-0.25, -0.2) is 4.79 Å². The molecule has 13 heteroatoms. The largest absolute Gasteiger partial charge is 0.504 e. The predicted octanol–water partition coefficient (Wildman–Crippen LogP) is -2.01. The minimum Gasteiger partial charge on any atom is -0.504 e. The number of methoxy groups -OCH3 is 1. The molecule has 3 aliphatic heterocycles. The third-order valence-corrected chi connectivity index (χ3v) is 7.26. The van der Waals surface area contributed by atoms with Crippen molar-refractivity contribution in [3.63, 3.8) is 0 Å². The summed E-state index contributed by atoms with van der Waals surface area (Å²) in [5.41, 5.74) is -1.03. The van der Waals surface area contributed by atoms with E-state index in [1.807, 2.05) is 0 Å². The lowest BCUT2D eigenvalue weighted by Crippen LogP contribution is -2.60. The fourth-order valence-electron chi connectivity index (χ4n) is 5.28. The molecular formula is C23H28O13. The summed E-state index contributed by atoms with van der Waals surface area (Å²) in [5, 5.41) is 59.8. The van der Waals surface area contributed by atoms with Crippen LogP contribution >= 0.6 is 0 Å². The molecule has 1 aromatic carbocycles. The number of carbonyl (C=O) groups excluding carboxylic acids is 1. The molecule has 0 spiro atoms. The van der Waals surface area contributed by atoms with E-state index in [0.717, 1.165) is 0 Å². The molecule has 6 N–H and O–H groups in total. The van der Waals surface area contributed by atoms with E-state index in [1.165, 1.54) is 31.6 Å². The number of carbonyl (C=O) groups is 1. The molecule has 3 fully saturated rings. The van der Waals surface area contributed by atoms with Gasteiger partial charge in [0, 0.05) is 5.92 Å². The minimum absolute atomic E-state index is 0.0973. The first kappa shape index (κ1) is 25.2. The van der Waals surface area contributed by atoms with E-state index in [-0.39, 0.29) is 17.1 Å². The van der Waals surface area contributed by atoms with Crippen LogP contribution in [0.4, 0.5) is 0 Å². The molecule has 0 aromatic heterocycles. The van der Waals surface area contributed by atoms with Crippen molar-refractivity contribution in [2.24, 2.45) is 11.8 Å². The van der Waals surface area contributed by atoms with Gasteiger partial charge in [-0.05, 0) is 24.3 Å². The fraction of sp³-hybridized carbons (Fsp3) is 0.609. The Morgan fingerprint density at radius 1 is 1.11 bits per heavy atom. The van der Waals surface area contributed by atoms with E-state index in [2.05, 4.69) is 0 Å². The summed E-state index contributed by atoms with van der Waals surface area (Å²) in [5.74, 6) is -1.95. The maximum absolute atomic E-state index is 12.9. The van der Waals surface area contributed by atoms with Crippen molar-refractivity contribution in [1.82, 2.24) is 0 Å². The van der Waals surface area contributed by atoms with Crippen LogP contribution in [0, 0.1) is 11.8 Å². The van der Waals surface area contributed by atoms with Gasteiger partial charge >= 0.3 is 5.97 Å². The van der Waals surface area contributed by atoms with Gasteiger partial charge in [0.1, 0.15) is 42.2 Å². The number of fused-ring (bicyclic) bond motifs is 3. The van der Waals surface area contributed by atoms with Gasteiger partial charge in [-0.3, -0.25) is 0 Å². The average molecular weight is 512 g/mol. The Hall–Kier alpha value is -2.49. The van der Waals surface area contributed by atoms with E-state index in [1.54, 1.807) is 6.08 Å². The van der Waals surface area contributed by atoms with Crippen molar-refractivity contribution in [3.05, 3.63) is 36.1 Å². The second-order valence-electron chi connectivity index (χ2n) is 9.18. The summed E-state index contributed by atoms with van der Waals surface area (Å²) in [6.07, 6.45) is -7.19. The van der Waals surface area contributed by atoms with Crippen molar-refractivity contribution in [3.8, 4) is 11.5 Å². The van der Waals surface area contributed by atoms with Crippen LogP contribution in [0.3, 0.4) is 0 Å². The van der Waals surface area contributed by atoms with Gasteiger partial charge in [0.05, 0.1) is 38.1 Å². The molecule has 0 unspecified atom stereocenters. The first-order chi connectivity index (χ1) is 17.2. The van der Waals surface area contributed by atoms with Crippen molar-refractivity contribution in [2.75, 3.05) is 20.3 Å². The van der Waals surface area contributed by atoms with Crippen LogP contribution in [0.1, 0.15) is 10.4 Å². The highest BCUT2D eigenvalue weighted by Gasteiger charge is 2.77. The summed E-state index contributed by atoms with van der Waals surface area (Å²) in [7, 11) is 1.35. The molecule has 3 heterocycles. The molecule has 0 radical (unpaired) electrons. The summed E-state index contributed by atoms with van der Waals surface area (Å²) in [4.78, 5) is 12.9. The number of hydrogen-bond donors (Lipinski definition) is 6. The third kappa shape index (κ3) is 3.92. The Morgan fingerprint density at radius 3 is 2.58 bits per heavy atom. The van der Waals surface area contributed by atoms with Gasteiger partial charge < -0.3 is 59.1 Å². The van der Waals surface area contributed by atoms with E-state index in [4.69, 9.17) is 28.4 Å². The Balaban J connectivity index is 1.35. The number of esters is 1. The topological polar surface area (TPSA) is 197 Å². The van der Waals surface area contributed by atoms with Crippen molar-refractivity contribution in [1.29, 1.82) is 0 Å². The van der Waals surface area contributed by atoms with Gasteiger partial charge in [0.15, 0.2) is 17.8 Å². The number of phenols is 1. The highest BCUT2D eigenvalue weighted by molar-refractivity contribution is 5.90. The van der Waals surface area contributed by atoms with Crippen LogP contribution in [-0.4, -0.2) is 112 Å². The van der Waals surface area contributed by atoms with Crippen LogP contribution in [0.5, 0.6) is 11.5 Å². The van der Waals surface area contributed by atoms with Gasteiger partial charge in [0.2, 0.25) is 6.29 Å². The first-order valence-corrected chi connectivity index (χ1v) is 11.4. The zero-order valence-electron chi connectivity index (χ0n) is 19.1. The maximum Gasteiger partial charge on any atom is 0.338 e. The van der Waals surface area contributed by atoms with Crippen LogP contribution in [0.25, 0.3) is 0 Å². The Kier molecular flexibility index (Phi) is 6.59.